The second-order valence-electron chi connectivity index (χ2n) is 6.97. The van der Waals surface area contributed by atoms with E-state index in [-0.39, 0.29) is 5.91 Å². The molecule has 0 spiro atoms. The molecule has 0 unspecified atom stereocenters. The van der Waals surface area contributed by atoms with Gasteiger partial charge < -0.3 is 15.0 Å². The molecule has 2 fully saturated rings. The summed E-state index contributed by atoms with van der Waals surface area (Å²) in [6.07, 6.45) is 2.72. The number of ether oxygens (including phenoxy) is 1. The minimum Gasteiger partial charge on any atom is -0.462 e. The van der Waals surface area contributed by atoms with Crippen molar-refractivity contribution in [3.8, 4) is 11.3 Å². The van der Waals surface area contributed by atoms with Crippen LogP contribution in [-0.2, 0) is 4.74 Å². The number of fused-ring (bicyclic) bond motifs is 1. The van der Waals surface area contributed by atoms with Crippen LogP contribution in [0.15, 0.2) is 42.6 Å². The Labute approximate surface area is 158 Å². The number of pyridine rings is 1. The zero-order chi connectivity index (χ0) is 18.8. The molecule has 2 aliphatic heterocycles. The van der Waals surface area contributed by atoms with Crippen LogP contribution < -0.4 is 5.32 Å². The van der Waals surface area contributed by atoms with Crippen LogP contribution in [0.1, 0.15) is 34.1 Å². The first-order valence-electron chi connectivity index (χ1n) is 9.43. The van der Waals surface area contributed by atoms with E-state index < -0.39 is 5.97 Å². The number of esters is 1. The van der Waals surface area contributed by atoms with Gasteiger partial charge in [-0.15, -0.1) is 0 Å². The van der Waals surface area contributed by atoms with E-state index in [1.165, 1.54) is 0 Å². The van der Waals surface area contributed by atoms with Crippen molar-refractivity contribution in [2.24, 2.45) is 5.92 Å². The fourth-order valence-electron chi connectivity index (χ4n) is 4.05. The van der Waals surface area contributed by atoms with Gasteiger partial charge in [-0.05, 0) is 43.5 Å². The quantitative estimate of drug-likeness (QED) is 0.842. The first kappa shape index (κ1) is 17.7. The third-order valence-electron chi connectivity index (χ3n) is 5.41. The second kappa shape index (κ2) is 7.48. The maximum absolute atomic E-state index is 12.9. The predicted molar refractivity (Wildman–Crippen MR) is 101 cm³/mol. The molecule has 2 atom stereocenters. The van der Waals surface area contributed by atoms with Gasteiger partial charge in [-0.25, -0.2) is 4.79 Å². The fourth-order valence-corrected chi connectivity index (χ4v) is 4.05. The molecule has 27 heavy (non-hydrogen) atoms. The first-order valence-corrected chi connectivity index (χ1v) is 9.43. The maximum atomic E-state index is 12.9. The number of amides is 1. The van der Waals surface area contributed by atoms with Crippen LogP contribution in [0.3, 0.4) is 0 Å². The molecule has 6 nitrogen and oxygen atoms in total. The van der Waals surface area contributed by atoms with E-state index in [2.05, 4.69) is 10.3 Å². The van der Waals surface area contributed by atoms with Gasteiger partial charge in [-0.3, -0.25) is 9.78 Å². The van der Waals surface area contributed by atoms with Crippen LogP contribution in [-0.4, -0.2) is 54.0 Å². The summed E-state index contributed by atoms with van der Waals surface area (Å²) < 4.78 is 5.11. The van der Waals surface area contributed by atoms with Crippen molar-refractivity contribution in [2.75, 3.05) is 26.2 Å². The largest absolute Gasteiger partial charge is 0.462 e. The molecular formula is C21H23N3O3. The van der Waals surface area contributed by atoms with Crippen molar-refractivity contribution in [1.29, 1.82) is 0 Å². The first-order chi connectivity index (χ1) is 13.2. The topological polar surface area (TPSA) is 71.5 Å². The van der Waals surface area contributed by atoms with Gasteiger partial charge in [-0.1, -0.05) is 12.1 Å². The summed E-state index contributed by atoms with van der Waals surface area (Å²) in [5.74, 6) is 0.260. The molecule has 4 rings (SSSR count). The zero-order valence-corrected chi connectivity index (χ0v) is 15.4. The van der Waals surface area contributed by atoms with Crippen LogP contribution in [0, 0.1) is 5.92 Å². The summed E-state index contributed by atoms with van der Waals surface area (Å²) in [5, 5.41) is 3.37. The molecule has 2 aromatic rings. The van der Waals surface area contributed by atoms with Crippen LogP contribution >= 0.6 is 0 Å². The zero-order valence-electron chi connectivity index (χ0n) is 15.4. The van der Waals surface area contributed by atoms with Crippen molar-refractivity contribution in [1.82, 2.24) is 15.2 Å². The molecule has 2 saturated heterocycles. The summed E-state index contributed by atoms with van der Waals surface area (Å²) in [7, 11) is 0. The van der Waals surface area contributed by atoms with Gasteiger partial charge in [0.25, 0.3) is 5.91 Å². The SMILES string of the molecule is CCOC(=O)c1cccnc1-c1ccc(C(=O)N2CC[C@H]3CNC[C@H]32)cc1. The molecule has 1 N–H and O–H groups in total. The Kier molecular flexibility index (Phi) is 4.90. The lowest BCUT2D eigenvalue weighted by molar-refractivity contribution is 0.0526. The number of aromatic nitrogens is 1. The molecule has 2 aliphatic rings. The van der Waals surface area contributed by atoms with Gasteiger partial charge in [0.1, 0.15) is 0 Å². The van der Waals surface area contributed by atoms with E-state index in [1.54, 1.807) is 25.3 Å². The molecule has 0 radical (unpaired) electrons. The summed E-state index contributed by atoms with van der Waals surface area (Å²) in [5.41, 5.74) is 2.45. The van der Waals surface area contributed by atoms with Gasteiger partial charge in [0, 0.05) is 43.0 Å². The van der Waals surface area contributed by atoms with Gasteiger partial charge in [0.15, 0.2) is 0 Å². The Balaban J connectivity index is 1.56. The number of benzene rings is 1. The molecule has 1 aromatic heterocycles. The number of carbonyl (C=O) groups is 2. The Morgan fingerprint density at radius 2 is 2.04 bits per heavy atom. The van der Waals surface area contributed by atoms with Crippen LogP contribution in [0.5, 0.6) is 0 Å². The van der Waals surface area contributed by atoms with Crippen molar-refractivity contribution >= 4 is 11.9 Å². The number of likely N-dealkylation sites (tertiary alicyclic amines) is 1. The normalized spacial score (nSPS) is 21.1. The van der Waals surface area contributed by atoms with Crippen LogP contribution in [0.25, 0.3) is 11.3 Å². The monoisotopic (exact) mass is 365 g/mol. The third-order valence-corrected chi connectivity index (χ3v) is 5.41. The van der Waals surface area contributed by atoms with E-state index in [0.717, 1.165) is 31.6 Å². The highest BCUT2D eigenvalue weighted by Crippen LogP contribution is 2.29. The fraction of sp³-hybridized carbons (Fsp3) is 0.381. The van der Waals surface area contributed by atoms with E-state index in [4.69, 9.17) is 4.74 Å². The Bertz CT molecular complexity index is 850. The van der Waals surface area contributed by atoms with Crippen molar-refractivity contribution < 1.29 is 14.3 Å². The van der Waals surface area contributed by atoms with Gasteiger partial charge >= 0.3 is 5.97 Å². The highest BCUT2D eigenvalue weighted by molar-refractivity contribution is 5.97. The number of nitrogens with one attached hydrogen (secondary N) is 1. The standard InChI is InChI=1S/C21H23N3O3/c1-2-27-21(26)17-4-3-10-23-19(17)14-5-7-15(8-6-14)20(25)24-11-9-16-12-22-13-18(16)24/h3-8,10,16,18,22H,2,9,11-13H2,1H3/t16-,18+/m0/s1. The minimum absolute atomic E-state index is 0.0735. The molecule has 1 amide bonds. The highest BCUT2D eigenvalue weighted by Gasteiger charge is 2.40. The number of carbonyl (C=O) groups excluding carboxylic acids is 2. The Morgan fingerprint density at radius 3 is 2.81 bits per heavy atom. The smallest absolute Gasteiger partial charge is 0.340 e. The highest BCUT2D eigenvalue weighted by atomic mass is 16.5. The predicted octanol–water partition coefficient (Wildman–Crippen LogP) is 2.36. The Morgan fingerprint density at radius 1 is 1.22 bits per heavy atom. The minimum atomic E-state index is -0.391. The number of nitrogens with zero attached hydrogens (tertiary/aromatic N) is 2. The van der Waals surface area contributed by atoms with E-state index in [1.807, 2.05) is 29.2 Å². The number of hydrogen-bond acceptors (Lipinski definition) is 5. The van der Waals surface area contributed by atoms with E-state index >= 15 is 0 Å². The lowest BCUT2D eigenvalue weighted by atomic mass is 10.0. The molecule has 0 bridgehead atoms. The summed E-state index contributed by atoms with van der Waals surface area (Å²) >= 11 is 0. The van der Waals surface area contributed by atoms with Crippen molar-refractivity contribution in [3.05, 3.63) is 53.7 Å². The van der Waals surface area contributed by atoms with Gasteiger partial charge in [-0.2, -0.15) is 0 Å². The number of hydrogen-bond donors (Lipinski definition) is 1. The molecule has 0 saturated carbocycles. The van der Waals surface area contributed by atoms with Crippen LogP contribution in [0.4, 0.5) is 0 Å². The van der Waals surface area contributed by atoms with E-state index in [9.17, 15) is 9.59 Å². The third kappa shape index (κ3) is 3.32. The lowest BCUT2D eigenvalue weighted by Gasteiger charge is -2.23. The maximum Gasteiger partial charge on any atom is 0.340 e. The average molecular weight is 365 g/mol. The average Bonchev–Trinajstić information content (AvgIpc) is 3.32. The summed E-state index contributed by atoms with van der Waals surface area (Å²) in [4.78, 5) is 31.4. The van der Waals surface area contributed by atoms with Crippen molar-refractivity contribution in [2.45, 2.75) is 19.4 Å². The Hall–Kier alpha value is -2.73. The molecule has 140 valence electrons. The van der Waals surface area contributed by atoms with Crippen LogP contribution in [0.2, 0.25) is 0 Å². The second-order valence-corrected chi connectivity index (χ2v) is 6.97. The van der Waals surface area contributed by atoms with Gasteiger partial charge in [0.2, 0.25) is 0 Å². The molecule has 6 heteroatoms. The van der Waals surface area contributed by atoms with Gasteiger partial charge in [0.05, 0.1) is 17.9 Å². The molecular weight excluding hydrogens is 342 g/mol. The summed E-state index contributed by atoms with van der Waals surface area (Å²) in [6.45, 7) is 4.80. The van der Waals surface area contributed by atoms with E-state index in [0.29, 0.717) is 35.4 Å². The lowest BCUT2D eigenvalue weighted by Crippen LogP contribution is -2.39. The molecule has 3 heterocycles. The molecule has 0 aliphatic carbocycles. The van der Waals surface area contributed by atoms with Crippen molar-refractivity contribution in [3.63, 3.8) is 0 Å². The molecule has 1 aromatic carbocycles. The number of rotatable bonds is 4. The summed E-state index contributed by atoms with van der Waals surface area (Å²) in [6, 6.07) is 11.1.